The van der Waals surface area contributed by atoms with E-state index >= 15 is 0 Å². The maximum absolute atomic E-state index is 11.3. The molecule has 1 amide bonds. The molecule has 0 aromatic heterocycles. The number of nitrogens with zero attached hydrogens (tertiary/aromatic N) is 1. The molecule has 0 aliphatic carbocycles. The molecular weight excluding hydrogens is 233 g/mol. The van der Waals surface area contributed by atoms with Crippen LogP contribution >= 0.6 is 23.2 Å². The number of benzene rings is 1. The lowest BCUT2D eigenvalue weighted by atomic mass is 10.1. The lowest BCUT2D eigenvalue weighted by Gasteiger charge is -2.17. The molecule has 82 valence electrons. The van der Waals surface area contributed by atoms with Crippen LogP contribution in [0.25, 0.3) is 0 Å². The van der Waals surface area contributed by atoms with Gasteiger partial charge in [-0.05, 0) is 30.2 Å². The smallest absolute Gasteiger partial charge is 0.237 e. The number of carbonyl (C=O) groups is 1. The summed E-state index contributed by atoms with van der Waals surface area (Å²) in [4.78, 5) is 12.9. The standard InChI is InChI=1S/C11H13Cl2NO/c1-8-3-4-10(13)5-9(8)7-14(2)11(15)6-12/h3-5H,6-7H2,1-2H3. The molecule has 1 aromatic rings. The third-order valence-electron chi connectivity index (χ3n) is 2.26. The van der Waals surface area contributed by atoms with Crippen LogP contribution in [0.2, 0.25) is 5.02 Å². The summed E-state index contributed by atoms with van der Waals surface area (Å²) in [5.41, 5.74) is 2.16. The summed E-state index contributed by atoms with van der Waals surface area (Å²) < 4.78 is 0. The minimum atomic E-state index is -0.0870. The van der Waals surface area contributed by atoms with Crippen molar-refractivity contribution in [1.29, 1.82) is 0 Å². The zero-order valence-electron chi connectivity index (χ0n) is 8.76. The van der Waals surface area contributed by atoms with Gasteiger partial charge in [0, 0.05) is 18.6 Å². The van der Waals surface area contributed by atoms with Gasteiger partial charge in [0.15, 0.2) is 0 Å². The molecule has 0 unspecified atom stereocenters. The Bertz CT molecular complexity index is 366. The van der Waals surface area contributed by atoms with Gasteiger partial charge in [-0.3, -0.25) is 4.79 Å². The second-order valence-corrected chi connectivity index (χ2v) is 4.16. The highest BCUT2D eigenvalue weighted by atomic mass is 35.5. The Morgan fingerprint density at radius 1 is 1.47 bits per heavy atom. The average Bonchev–Trinajstić information content (AvgIpc) is 2.22. The van der Waals surface area contributed by atoms with Crippen LogP contribution in [0.4, 0.5) is 0 Å². The zero-order chi connectivity index (χ0) is 11.4. The third-order valence-corrected chi connectivity index (χ3v) is 2.72. The molecule has 0 saturated heterocycles. The first kappa shape index (κ1) is 12.3. The molecule has 0 fully saturated rings. The van der Waals surface area contributed by atoms with Crippen molar-refractivity contribution in [2.24, 2.45) is 0 Å². The Labute approximate surface area is 99.8 Å². The number of alkyl halides is 1. The van der Waals surface area contributed by atoms with Crippen LogP contribution in [0.15, 0.2) is 18.2 Å². The molecule has 1 aromatic carbocycles. The molecule has 0 aliphatic rings. The molecule has 1 rings (SSSR count). The van der Waals surface area contributed by atoms with Crippen LogP contribution in [0.1, 0.15) is 11.1 Å². The summed E-state index contributed by atoms with van der Waals surface area (Å²) in [6.07, 6.45) is 0. The van der Waals surface area contributed by atoms with Gasteiger partial charge in [-0.1, -0.05) is 17.7 Å². The van der Waals surface area contributed by atoms with E-state index in [1.165, 1.54) is 0 Å². The van der Waals surface area contributed by atoms with Crippen LogP contribution in [0.3, 0.4) is 0 Å². The number of hydrogen-bond donors (Lipinski definition) is 0. The SMILES string of the molecule is Cc1ccc(Cl)cc1CN(C)C(=O)CCl. The van der Waals surface area contributed by atoms with E-state index in [2.05, 4.69) is 0 Å². The van der Waals surface area contributed by atoms with E-state index in [9.17, 15) is 4.79 Å². The van der Waals surface area contributed by atoms with Crippen molar-refractivity contribution in [2.75, 3.05) is 12.9 Å². The Kier molecular flexibility index (Phi) is 4.43. The summed E-state index contributed by atoms with van der Waals surface area (Å²) in [6.45, 7) is 2.53. The number of hydrogen-bond acceptors (Lipinski definition) is 1. The van der Waals surface area contributed by atoms with E-state index in [1.54, 1.807) is 11.9 Å². The minimum absolute atomic E-state index is 0.0100. The fraction of sp³-hybridized carbons (Fsp3) is 0.364. The number of amides is 1. The van der Waals surface area contributed by atoms with Gasteiger partial charge in [0.1, 0.15) is 5.88 Å². The second-order valence-electron chi connectivity index (χ2n) is 3.45. The van der Waals surface area contributed by atoms with Gasteiger partial charge < -0.3 is 4.90 Å². The molecule has 0 N–H and O–H groups in total. The number of halogens is 2. The Hall–Kier alpha value is -0.730. The summed E-state index contributed by atoms with van der Waals surface area (Å²) >= 11 is 11.4. The van der Waals surface area contributed by atoms with Crippen molar-refractivity contribution in [1.82, 2.24) is 4.90 Å². The van der Waals surface area contributed by atoms with E-state index in [0.717, 1.165) is 11.1 Å². The zero-order valence-corrected chi connectivity index (χ0v) is 10.3. The fourth-order valence-electron chi connectivity index (χ4n) is 1.26. The lowest BCUT2D eigenvalue weighted by Crippen LogP contribution is -2.27. The molecule has 0 atom stereocenters. The first-order valence-corrected chi connectivity index (χ1v) is 5.51. The van der Waals surface area contributed by atoms with E-state index in [4.69, 9.17) is 23.2 Å². The Morgan fingerprint density at radius 3 is 2.73 bits per heavy atom. The van der Waals surface area contributed by atoms with E-state index in [1.807, 2.05) is 25.1 Å². The molecule has 2 nitrogen and oxygen atoms in total. The maximum Gasteiger partial charge on any atom is 0.237 e. The summed E-state index contributed by atoms with van der Waals surface area (Å²) in [5.74, 6) is -0.0770. The molecule has 4 heteroatoms. The highest BCUT2D eigenvalue weighted by Gasteiger charge is 2.09. The van der Waals surface area contributed by atoms with Crippen molar-refractivity contribution < 1.29 is 4.79 Å². The van der Waals surface area contributed by atoms with Crippen LogP contribution in [0.5, 0.6) is 0 Å². The molecule has 0 radical (unpaired) electrons. The van der Waals surface area contributed by atoms with Gasteiger partial charge in [-0.2, -0.15) is 0 Å². The Balaban J connectivity index is 2.80. The van der Waals surface area contributed by atoms with Crippen molar-refractivity contribution in [3.8, 4) is 0 Å². The predicted octanol–water partition coefficient (Wildman–Crippen LogP) is 2.85. The van der Waals surface area contributed by atoms with Crippen LogP contribution in [0, 0.1) is 6.92 Å². The maximum atomic E-state index is 11.3. The van der Waals surface area contributed by atoms with Gasteiger partial charge in [0.2, 0.25) is 5.91 Å². The average molecular weight is 246 g/mol. The van der Waals surface area contributed by atoms with Crippen molar-refractivity contribution in [2.45, 2.75) is 13.5 Å². The second kappa shape index (κ2) is 5.38. The van der Waals surface area contributed by atoms with Gasteiger partial charge in [0.25, 0.3) is 0 Å². The highest BCUT2D eigenvalue weighted by molar-refractivity contribution is 6.30. The van der Waals surface area contributed by atoms with Gasteiger partial charge >= 0.3 is 0 Å². The monoisotopic (exact) mass is 245 g/mol. The van der Waals surface area contributed by atoms with Crippen molar-refractivity contribution in [3.63, 3.8) is 0 Å². The first-order chi connectivity index (χ1) is 7.04. The largest absolute Gasteiger partial charge is 0.340 e. The van der Waals surface area contributed by atoms with Gasteiger partial charge in [-0.15, -0.1) is 11.6 Å². The van der Waals surface area contributed by atoms with Crippen LogP contribution in [-0.2, 0) is 11.3 Å². The normalized spacial score (nSPS) is 10.1. The molecule has 0 saturated carbocycles. The molecule has 0 heterocycles. The van der Waals surface area contributed by atoms with Crippen LogP contribution in [-0.4, -0.2) is 23.7 Å². The third kappa shape index (κ3) is 3.40. The van der Waals surface area contributed by atoms with E-state index < -0.39 is 0 Å². The molecular formula is C11H13Cl2NO. The summed E-state index contributed by atoms with van der Waals surface area (Å²) in [6, 6.07) is 5.65. The van der Waals surface area contributed by atoms with Gasteiger partial charge in [-0.25, -0.2) is 0 Å². The fourth-order valence-corrected chi connectivity index (χ4v) is 1.65. The molecule has 15 heavy (non-hydrogen) atoms. The van der Waals surface area contributed by atoms with E-state index in [-0.39, 0.29) is 11.8 Å². The first-order valence-electron chi connectivity index (χ1n) is 4.59. The Morgan fingerprint density at radius 2 is 2.13 bits per heavy atom. The highest BCUT2D eigenvalue weighted by Crippen LogP contribution is 2.16. The van der Waals surface area contributed by atoms with Gasteiger partial charge in [0.05, 0.1) is 0 Å². The quantitative estimate of drug-likeness (QED) is 0.751. The topological polar surface area (TPSA) is 20.3 Å². The van der Waals surface area contributed by atoms with Crippen molar-refractivity contribution >= 4 is 29.1 Å². The number of carbonyl (C=O) groups excluding carboxylic acids is 1. The van der Waals surface area contributed by atoms with Crippen molar-refractivity contribution in [3.05, 3.63) is 34.3 Å². The minimum Gasteiger partial charge on any atom is -0.340 e. The van der Waals surface area contributed by atoms with E-state index in [0.29, 0.717) is 11.6 Å². The summed E-state index contributed by atoms with van der Waals surface area (Å²) in [5, 5.41) is 0.683. The molecule has 0 bridgehead atoms. The van der Waals surface area contributed by atoms with Crippen LogP contribution < -0.4 is 0 Å². The molecule has 0 spiro atoms. The number of rotatable bonds is 3. The molecule has 0 aliphatic heterocycles. The number of aryl methyl sites for hydroxylation is 1. The lowest BCUT2D eigenvalue weighted by molar-refractivity contribution is -0.127. The predicted molar refractivity (Wildman–Crippen MR) is 63.4 cm³/mol. The summed E-state index contributed by atoms with van der Waals surface area (Å²) in [7, 11) is 1.73.